The van der Waals surface area contributed by atoms with Gasteiger partial charge in [-0.2, -0.15) is 5.90 Å². The summed E-state index contributed by atoms with van der Waals surface area (Å²) < 4.78 is 11.6. The van der Waals surface area contributed by atoms with Gasteiger partial charge in [0.05, 0.1) is 12.0 Å². The number of rotatable bonds is 7. The number of ether oxygens (including phenoxy) is 1. The standard InChI is InChI=1S/C14H15BrN2O3S/c1-17-9-10-8-13(21-20-19-16)6-7-14(10)18-12-4-2-11(15)3-5-12/h2-8,17H,9,16H2,1H3. The van der Waals surface area contributed by atoms with Gasteiger partial charge in [0.25, 0.3) is 0 Å². The van der Waals surface area contributed by atoms with Gasteiger partial charge in [-0.1, -0.05) is 15.9 Å². The molecule has 2 aromatic carbocycles. The molecule has 0 aliphatic rings. The van der Waals surface area contributed by atoms with Crippen molar-refractivity contribution in [1.82, 2.24) is 5.32 Å². The van der Waals surface area contributed by atoms with Crippen molar-refractivity contribution >= 4 is 28.0 Å². The first-order valence-electron chi connectivity index (χ1n) is 6.14. The Morgan fingerprint density at radius 3 is 2.62 bits per heavy atom. The smallest absolute Gasteiger partial charge is 0.131 e. The highest BCUT2D eigenvalue weighted by Gasteiger charge is 2.07. The van der Waals surface area contributed by atoms with E-state index in [-0.39, 0.29) is 0 Å². The summed E-state index contributed by atoms with van der Waals surface area (Å²) in [6.07, 6.45) is 0. The van der Waals surface area contributed by atoms with E-state index in [0.717, 1.165) is 38.5 Å². The van der Waals surface area contributed by atoms with E-state index in [0.29, 0.717) is 6.54 Å². The van der Waals surface area contributed by atoms with Crippen LogP contribution in [0.25, 0.3) is 0 Å². The fourth-order valence-electron chi connectivity index (χ4n) is 1.72. The molecule has 0 aliphatic carbocycles. The van der Waals surface area contributed by atoms with Crippen LogP contribution in [0.15, 0.2) is 51.8 Å². The summed E-state index contributed by atoms with van der Waals surface area (Å²) in [4.78, 5) is 4.96. The van der Waals surface area contributed by atoms with Gasteiger partial charge in [0.2, 0.25) is 0 Å². The highest BCUT2D eigenvalue weighted by molar-refractivity contribution is 9.10. The van der Waals surface area contributed by atoms with Gasteiger partial charge in [-0.05, 0) is 49.5 Å². The molecule has 3 N–H and O–H groups in total. The zero-order valence-corrected chi connectivity index (χ0v) is 13.7. The highest BCUT2D eigenvalue weighted by atomic mass is 79.9. The molecular formula is C14H15BrN2O3S. The lowest BCUT2D eigenvalue weighted by Gasteiger charge is -2.12. The summed E-state index contributed by atoms with van der Waals surface area (Å²) in [6.45, 7) is 0.670. The van der Waals surface area contributed by atoms with Crippen molar-refractivity contribution in [2.24, 2.45) is 5.90 Å². The molecule has 0 amide bonds. The monoisotopic (exact) mass is 370 g/mol. The predicted molar refractivity (Wildman–Crippen MR) is 85.6 cm³/mol. The second-order valence-corrected chi connectivity index (χ2v) is 5.79. The van der Waals surface area contributed by atoms with Crippen molar-refractivity contribution in [3.05, 3.63) is 52.5 Å². The molecule has 7 heteroatoms. The summed E-state index contributed by atoms with van der Waals surface area (Å²) in [5, 5.41) is 3.11. The van der Waals surface area contributed by atoms with Crippen LogP contribution >= 0.6 is 28.0 Å². The number of halogens is 1. The summed E-state index contributed by atoms with van der Waals surface area (Å²) in [6, 6.07) is 13.4. The Morgan fingerprint density at radius 1 is 1.19 bits per heavy atom. The van der Waals surface area contributed by atoms with E-state index in [1.807, 2.05) is 49.5 Å². The molecule has 0 radical (unpaired) electrons. The molecule has 0 aromatic heterocycles. The Kier molecular flexibility index (Phi) is 6.50. The first-order valence-corrected chi connectivity index (χ1v) is 7.67. The van der Waals surface area contributed by atoms with Crippen molar-refractivity contribution < 1.29 is 14.1 Å². The maximum absolute atomic E-state index is 5.91. The molecule has 0 saturated heterocycles. The van der Waals surface area contributed by atoms with Gasteiger partial charge >= 0.3 is 0 Å². The van der Waals surface area contributed by atoms with Gasteiger partial charge in [0.15, 0.2) is 0 Å². The molecule has 5 nitrogen and oxygen atoms in total. The summed E-state index contributed by atoms with van der Waals surface area (Å²) in [5.74, 6) is 6.39. The van der Waals surface area contributed by atoms with E-state index in [2.05, 4.69) is 30.6 Å². The van der Waals surface area contributed by atoms with Crippen LogP contribution in [0.3, 0.4) is 0 Å². The second kappa shape index (κ2) is 8.38. The van der Waals surface area contributed by atoms with Crippen molar-refractivity contribution in [2.75, 3.05) is 7.05 Å². The number of nitrogens with one attached hydrogen (secondary N) is 1. The Labute approximate surface area is 136 Å². The van der Waals surface area contributed by atoms with Gasteiger partial charge in [-0.15, -0.1) is 9.32 Å². The lowest BCUT2D eigenvalue weighted by Crippen LogP contribution is -2.06. The predicted octanol–water partition coefficient (Wildman–Crippen LogP) is 3.79. The third-order valence-electron chi connectivity index (χ3n) is 2.61. The molecule has 0 spiro atoms. The van der Waals surface area contributed by atoms with Crippen molar-refractivity contribution in [1.29, 1.82) is 0 Å². The quantitative estimate of drug-likeness (QED) is 0.439. The average molecular weight is 371 g/mol. The van der Waals surface area contributed by atoms with Gasteiger partial charge in [0, 0.05) is 21.5 Å². The first kappa shape index (κ1) is 16.3. The molecule has 0 saturated carbocycles. The molecule has 0 heterocycles. The average Bonchev–Trinajstić information content (AvgIpc) is 2.50. The summed E-state index contributed by atoms with van der Waals surface area (Å²) >= 11 is 4.44. The molecule has 21 heavy (non-hydrogen) atoms. The van der Waals surface area contributed by atoms with E-state index in [9.17, 15) is 0 Å². The third-order valence-corrected chi connectivity index (χ3v) is 3.73. The largest absolute Gasteiger partial charge is 0.457 e. The lowest BCUT2D eigenvalue weighted by atomic mass is 10.2. The Bertz CT molecular complexity index is 581. The Morgan fingerprint density at radius 2 is 1.95 bits per heavy atom. The molecular weight excluding hydrogens is 356 g/mol. The molecule has 0 unspecified atom stereocenters. The third kappa shape index (κ3) is 4.99. The maximum atomic E-state index is 5.91. The van der Waals surface area contributed by atoms with Gasteiger partial charge in [-0.25, -0.2) is 0 Å². The molecule has 112 valence electrons. The fraction of sp³-hybridized carbons (Fsp3) is 0.143. The second-order valence-electron chi connectivity index (χ2n) is 4.10. The first-order chi connectivity index (χ1) is 10.2. The Hall–Kier alpha value is -1.09. The minimum Gasteiger partial charge on any atom is -0.457 e. The maximum Gasteiger partial charge on any atom is 0.131 e. The van der Waals surface area contributed by atoms with Crippen LogP contribution in [0.2, 0.25) is 0 Å². The molecule has 0 atom stereocenters. The highest BCUT2D eigenvalue weighted by Crippen LogP contribution is 2.30. The minimum absolute atomic E-state index is 0.670. The van der Waals surface area contributed by atoms with Crippen LogP contribution in [-0.4, -0.2) is 7.05 Å². The SMILES string of the molecule is CNCc1cc(SOON)ccc1Oc1ccc(Br)cc1. The van der Waals surface area contributed by atoms with Crippen molar-refractivity contribution in [3.8, 4) is 11.5 Å². The zero-order chi connectivity index (χ0) is 15.1. The van der Waals surface area contributed by atoms with E-state index in [1.165, 1.54) is 0 Å². The lowest BCUT2D eigenvalue weighted by molar-refractivity contribution is -0.195. The van der Waals surface area contributed by atoms with Gasteiger partial charge in [-0.3, -0.25) is 0 Å². The number of benzene rings is 2. The fourth-order valence-corrected chi connectivity index (χ4v) is 2.42. The van der Waals surface area contributed by atoms with Crippen molar-refractivity contribution in [2.45, 2.75) is 11.4 Å². The van der Waals surface area contributed by atoms with Gasteiger partial charge in [0.1, 0.15) is 11.5 Å². The molecule has 2 aromatic rings. The van der Waals surface area contributed by atoms with Crippen LogP contribution in [0.4, 0.5) is 0 Å². The van der Waals surface area contributed by atoms with E-state index in [4.69, 9.17) is 10.6 Å². The minimum atomic E-state index is 0.670. The van der Waals surface area contributed by atoms with E-state index >= 15 is 0 Å². The number of hydrogen-bond acceptors (Lipinski definition) is 6. The summed E-state index contributed by atoms with van der Waals surface area (Å²) in [5.41, 5.74) is 1.01. The number of hydrogen-bond donors (Lipinski definition) is 2. The molecule has 0 fully saturated rings. The zero-order valence-electron chi connectivity index (χ0n) is 11.3. The molecule has 0 aliphatic heterocycles. The van der Waals surface area contributed by atoms with Gasteiger partial charge < -0.3 is 10.1 Å². The van der Waals surface area contributed by atoms with Crippen LogP contribution in [0.1, 0.15) is 5.56 Å². The van der Waals surface area contributed by atoms with E-state index < -0.39 is 0 Å². The van der Waals surface area contributed by atoms with Crippen LogP contribution in [-0.2, 0) is 15.9 Å². The molecule has 0 bridgehead atoms. The van der Waals surface area contributed by atoms with Crippen LogP contribution in [0, 0.1) is 0 Å². The van der Waals surface area contributed by atoms with Crippen LogP contribution in [0.5, 0.6) is 11.5 Å². The topological polar surface area (TPSA) is 65.7 Å². The molecule has 2 rings (SSSR count). The van der Waals surface area contributed by atoms with Crippen LogP contribution < -0.4 is 16.0 Å². The normalized spacial score (nSPS) is 10.6. The Balaban J connectivity index is 2.18. The van der Waals surface area contributed by atoms with E-state index in [1.54, 1.807) is 0 Å². The summed E-state index contributed by atoms with van der Waals surface area (Å²) in [7, 11) is 1.88. The van der Waals surface area contributed by atoms with Crippen molar-refractivity contribution in [3.63, 3.8) is 0 Å². The number of nitrogens with two attached hydrogens (primary N) is 1.